The number of hydrogen-bond donors (Lipinski definition) is 2. The summed E-state index contributed by atoms with van der Waals surface area (Å²) in [5.41, 5.74) is 5.25. The number of hydrogen-bond acceptors (Lipinski definition) is 6. The predicted octanol–water partition coefficient (Wildman–Crippen LogP) is 4.28. The molecule has 4 rings (SSSR count). The fraction of sp³-hybridized carbons (Fsp3) is 0.333. The summed E-state index contributed by atoms with van der Waals surface area (Å²) < 4.78 is 55.0. The summed E-state index contributed by atoms with van der Waals surface area (Å²) in [5, 5.41) is 0.188. The number of amides is 1. The predicted molar refractivity (Wildman–Crippen MR) is 119 cm³/mol. The third kappa shape index (κ3) is 4.45. The maximum Gasteiger partial charge on any atom is 0.269 e. The smallest absolute Gasteiger partial charge is 0.269 e. The van der Waals surface area contributed by atoms with E-state index in [2.05, 4.69) is 15.8 Å². The lowest BCUT2D eigenvalue weighted by molar-refractivity contribution is 0.0962. The summed E-state index contributed by atoms with van der Waals surface area (Å²) in [6, 6.07) is 7.60. The summed E-state index contributed by atoms with van der Waals surface area (Å²) in [6.45, 7) is 2.48. The van der Waals surface area contributed by atoms with Crippen molar-refractivity contribution in [3.05, 3.63) is 53.6 Å². The molecule has 1 amide bonds. The van der Waals surface area contributed by atoms with Gasteiger partial charge in [0, 0.05) is 24.2 Å². The molecule has 7 nitrogen and oxygen atoms in total. The lowest BCUT2D eigenvalue weighted by Gasteiger charge is -2.34. The maximum atomic E-state index is 13.8. The number of anilines is 1. The molecule has 1 aliphatic heterocycles. The second kappa shape index (κ2) is 9.08. The molecule has 2 N–H and O–H groups in total. The van der Waals surface area contributed by atoms with Crippen LogP contribution in [-0.2, 0) is 10.0 Å². The van der Waals surface area contributed by atoms with Crippen LogP contribution in [0.4, 0.5) is 13.9 Å². The van der Waals surface area contributed by atoms with Gasteiger partial charge in [0.25, 0.3) is 5.91 Å². The number of halogens is 2. The first kappa shape index (κ1) is 22.6. The van der Waals surface area contributed by atoms with Crippen molar-refractivity contribution < 1.29 is 22.0 Å². The minimum Gasteiger partial charge on any atom is -0.273 e. The van der Waals surface area contributed by atoms with Crippen LogP contribution < -0.4 is 10.9 Å². The van der Waals surface area contributed by atoms with Crippen molar-refractivity contribution in [3.8, 4) is 0 Å². The number of nitrogens with one attached hydrogen (secondary N) is 2. The van der Waals surface area contributed by atoms with Crippen molar-refractivity contribution in [2.45, 2.75) is 43.5 Å². The van der Waals surface area contributed by atoms with Crippen LogP contribution in [0.25, 0.3) is 10.2 Å². The number of aromatic nitrogens is 1. The number of sulfonamides is 1. The number of carbonyl (C=O) groups is 1. The molecule has 0 radical (unpaired) electrons. The van der Waals surface area contributed by atoms with Gasteiger partial charge in [-0.25, -0.2) is 22.2 Å². The Kier molecular flexibility index (Phi) is 6.40. The molecular weight excluding hydrogens is 458 g/mol. The standard InChI is InChI=1S/C21H22F2N4O3S2/c1-2-15-5-3-4-10-27(15)32(29,30)16-8-6-13(7-9-16)20(28)25-26-21-24-19-17(23)11-14(22)12-18(19)31-21/h6-9,11-12,15H,2-5,10H2,1H3,(H,24,26)(H,25,28)/t15-/m1/s1. The van der Waals surface area contributed by atoms with E-state index in [1.807, 2.05) is 6.92 Å². The molecule has 1 aliphatic rings. The average molecular weight is 481 g/mol. The van der Waals surface area contributed by atoms with E-state index in [4.69, 9.17) is 0 Å². The van der Waals surface area contributed by atoms with Crippen molar-refractivity contribution in [2.24, 2.45) is 0 Å². The minimum atomic E-state index is -3.63. The van der Waals surface area contributed by atoms with Gasteiger partial charge in [-0.05, 0) is 49.6 Å². The second-order valence-electron chi connectivity index (χ2n) is 7.53. The first-order chi connectivity index (χ1) is 15.3. The van der Waals surface area contributed by atoms with Gasteiger partial charge in [0.15, 0.2) is 5.82 Å². The average Bonchev–Trinajstić information content (AvgIpc) is 3.20. The van der Waals surface area contributed by atoms with E-state index in [1.165, 1.54) is 24.3 Å². The van der Waals surface area contributed by atoms with Crippen LogP contribution in [0.3, 0.4) is 0 Å². The Balaban J connectivity index is 1.45. The Bertz CT molecular complexity index is 1250. The maximum absolute atomic E-state index is 13.8. The highest BCUT2D eigenvalue weighted by Gasteiger charge is 2.32. The molecule has 32 heavy (non-hydrogen) atoms. The molecule has 11 heteroatoms. The Labute approximate surface area is 188 Å². The molecule has 0 aliphatic carbocycles. The van der Waals surface area contributed by atoms with Gasteiger partial charge in [-0.3, -0.25) is 15.6 Å². The molecule has 170 valence electrons. The fourth-order valence-electron chi connectivity index (χ4n) is 3.81. The summed E-state index contributed by atoms with van der Waals surface area (Å²) in [6.07, 6.45) is 3.47. The molecule has 0 unspecified atom stereocenters. The van der Waals surface area contributed by atoms with Gasteiger partial charge in [0.2, 0.25) is 15.2 Å². The highest BCUT2D eigenvalue weighted by Crippen LogP contribution is 2.29. The lowest BCUT2D eigenvalue weighted by Crippen LogP contribution is -2.43. The number of fused-ring (bicyclic) bond motifs is 1. The summed E-state index contributed by atoms with van der Waals surface area (Å²) in [7, 11) is -3.63. The number of carbonyl (C=O) groups excluding carboxylic acids is 1. The number of nitrogens with zero attached hydrogens (tertiary/aromatic N) is 2. The van der Waals surface area contributed by atoms with E-state index in [0.29, 0.717) is 11.2 Å². The van der Waals surface area contributed by atoms with Crippen molar-refractivity contribution in [1.29, 1.82) is 0 Å². The molecule has 1 aromatic heterocycles. The van der Waals surface area contributed by atoms with Gasteiger partial charge < -0.3 is 0 Å². The molecule has 1 saturated heterocycles. The van der Waals surface area contributed by atoms with Gasteiger partial charge in [-0.2, -0.15) is 4.31 Å². The van der Waals surface area contributed by atoms with Crippen LogP contribution in [0, 0.1) is 11.6 Å². The van der Waals surface area contributed by atoms with Gasteiger partial charge in [0.05, 0.1) is 9.60 Å². The Hall–Kier alpha value is -2.63. The van der Waals surface area contributed by atoms with Gasteiger partial charge in [-0.15, -0.1) is 0 Å². The van der Waals surface area contributed by atoms with Crippen molar-refractivity contribution in [2.75, 3.05) is 12.0 Å². The molecule has 2 heterocycles. The number of piperidine rings is 1. The molecule has 1 atom stereocenters. The molecule has 1 fully saturated rings. The summed E-state index contributed by atoms with van der Waals surface area (Å²) >= 11 is 0.985. The number of hydrazine groups is 1. The Morgan fingerprint density at radius 2 is 1.97 bits per heavy atom. The molecular formula is C21H22F2N4O3S2. The SMILES string of the molecule is CC[C@@H]1CCCCN1S(=O)(=O)c1ccc(C(=O)NNc2nc3c(F)cc(F)cc3s2)cc1. The van der Waals surface area contributed by atoms with E-state index < -0.39 is 27.6 Å². The van der Waals surface area contributed by atoms with Crippen molar-refractivity contribution in [1.82, 2.24) is 14.7 Å². The third-order valence-corrected chi connectivity index (χ3v) is 8.35. The third-order valence-electron chi connectivity index (χ3n) is 5.46. The zero-order valence-corrected chi connectivity index (χ0v) is 18.9. The highest BCUT2D eigenvalue weighted by atomic mass is 32.2. The number of rotatable bonds is 6. The summed E-state index contributed by atoms with van der Waals surface area (Å²) in [4.78, 5) is 16.6. The van der Waals surface area contributed by atoms with E-state index in [-0.39, 0.29) is 27.1 Å². The first-order valence-electron chi connectivity index (χ1n) is 10.2. The van der Waals surface area contributed by atoms with Gasteiger partial charge in [-0.1, -0.05) is 24.7 Å². The zero-order valence-electron chi connectivity index (χ0n) is 17.3. The fourth-order valence-corrected chi connectivity index (χ4v) is 6.43. The van der Waals surface area contributed by atoms with Crippen LogP contribution in [0.1, 0.15) is 43.0 Å². The summed E-state index contributed by atoms with van der Waals surface area (Å²) in [5.74, 6) is -2.02. The number of thiazole rings is 1. The molecule has 0 spiro atoms. The van der Waals surface area contributed by atoms with E-state index in [0.717, 1.165) is 49.2 Å². The molecule has 3 aromatic rings. The monoisotopic (exact) mass is 480 g/mol. The molecule has 0 bridgehead atoms. The minimum absolute atomic E-state index is 0.00537. The van der Waals surface area contributed by atoms with Crippen LogP contribution >= 0.6 is 11.3 Å². The Morgan fingerprint density at radius 1 is 1.22 bits per heavy atom. The largest absolute Gasteiger partial charge is 0.273 e. The van der Waals surface area contributed by atoms with Gasteiger partial charge >= 0.3 is 0 Å². The van der Waals surface area contributed by atoms with E-state index in [9.17, 15) is 22.0 Å². The second-order valence-corrected chi connectivity index (χ2v) is 10.5. The van der Waals surface area contributed by atoms with E-state index >= 15 is 0 Å². The van der Waals surface area contributed by atoms with Crippen molar-refractivity contribution >= 4 is 42.6 Å². The Morgan fingerprint density at radius 3 is 2.69 bits per heavy atom. The quantitative estimate of drug-likeness (QED) is 0.514. The zero-order chi connectivity index (χ0) is 22.9. The first-order valence-corrected chi connectivity index (χ1v) is 12.5. The molecule has 2 aromatic carbocycles. The molecule has 0 saturated carbocycles. The van der Waals surface area contributed by atoms with Crippen LogP contribution in [0.15, 0.2) is 41.3 Å². The number of benzene rings is 2. The van der Waals surface area contributed by atoms with Crippen LogP contribution in [0.5, 0.6) is 0 Å². The normalized spacial score (nSPS) is 17.4. The van der Waals surface area contributed by atoms with Crippen LogP contribution in [-0.4, -0.2) is 36.2 Å². The highest BCUT2D eigenvalue weighted by molar-refractivity contribution is 7.89. The van der Waals surface area contributed by atoms with E-state index in [1.54, 1.807) is 4.31 Å². The topological polar surface area (TPSA) is 91.4 Å². The van der Waals surface area contributed by atoms with Gasteiger partial charge in [0.1, 0.15) is 11.3 Å². The van der Waals surface area contributed by atoms with Crippen LogP contribution in [0.2, 0.25) is 0 Å². The van der Waals surface area contributed by atoms with Crippen molar-refractivity contribution in [3.63, 3.8) is 0 Å². The lowest BCUT2D eigenvalue weighted by atomic mass is 10.0.